The Hall–Kier alpha value is -0.540. The Kier molecular flexibility index (Phi) is 5.16. The summed E-state index contributed by atoms with van der Waals surface area (Å²) in [5, 5.41) is 0.319. The molecule has 0 heterocycles. The van der Waals surface area contributed by atoms with Gasteiger partial charge in [-0.1, -0.05) is 37.6 Å². The minimum atomic E-state index is -3.19. The van der Waals surface area contributed by atoms with Gasteiger partial charge in [0.2, 0.25) is 0 Å². The molecule has 0 aliphatic carbocycles. The molecule has 0 amide bonds. The highest BCUT2D eigenvalue weighted by Gasteiger charge is 2.12. The Morgan fingerprint density at radius 2 is 1.71 bits per heavy atom. The molecular formula is C10H15ClO2S. The van der Waals surface area contributed by atoms with Crippen LogP contribution in [0.3, 0.4) is 0 Å². The Labute approximate surface area is 90.8 Å². The summed E-state index contributed by atoms with van der Waals surface area (Å²) in [6.07, 6.45) is 1.15. The molecule has 0 aromatic heterocycles. The second kappa shape index (κ2) is 5.37. The number of rotatable bonds is 1. The molecule has 1 aromatic carbocycles. The van der Waals surface area contributed by atoms with Crippen LogP contribution in [0.2, 0.25) is 5.02 Å². The quantitative estimate of drug-likeness (QED) is 0.749. The number of benzene rings is 1. The predicted molar refractivity (Wildman–Crippen MR) is 60.6 cm³/mol. The highest BCUT2D eigenvalue weighted by molar-refractivity contribution is 7.90. The molecular weight excluding hydrogens is 220 g/mol. The van der Waals surface area contributed by atoms with E-state index >= 15 is 0 Å². The van der Waals surface area contributed by atoms with E-state index in [2.05, 4.69) is 0 Å². The zero-order valence-electron chi connectivity index (χ0n) is 8.83. The Morgan fingerprint density at radius 3 is 2.07 bits per heavy atom. The van der Waals surface area contributed by atoms with Crippen LogP contribution in [-0.4, -0.2) is 14.7 Å². The van der Waals surface area contributed by atoms with E-state index in [0.717, 1.165) is 11.8 Å². The minimum absolute atomic E-state index is 0.198. The van der Waals surface area contributed by atoms with Gasteiger partial charge < -0.3 is 0 Å². The van der Waals surface area contributed by atoms with Crippen molar-refractivity contribution in [3.05, 3.63) is 28.8 Å². The van der Waals surface area contributed by atoms with E-state index in [1.54, 1.807) is 19.1 Å². The van der Waals surface area contributed by atoms with Gasteiger partial charge in [0.25, 0.3) is 0 Å². The van der Waals surface area contributed by atoms with Gasteiger partial charge in [-0.15, -0.1) is 0 Å². The van der Waals surface area contributed by atoms with Crippen molar-refractivity contribution in [2.24, 2.45) is 0 Å². The number of aryl methyl sites for hydroxylation is 1. The number of hydrogen-bond acceptors (Lipinski definition) is 2. The molecule has 0 fully saturated rings. The molecule has 0 aliphatic rings. The van der Waals surface area contributed by atoms with Crippen LogP contribution in [0.25, 0.3) is 0 Å². The van der Waals surface area contributed by atoms with Crippen LogP contribution >= 0.6 is 11.6 Å². The van der Waals surface area contributed by atoms with Crippen molar-refractivity contribution in [1.29, 1.82) is 0 Å². The SMILES string of the molecule is CC.Cc1cccc(S(C)(=O)=O)c1Cl. The molecule has 14 heavy (non-hydrogen) atoms. The highest BCUT2D eigenvalue weighted by Crippen LogP contribution is 2.24. The fourth-order valence-electron chi connectivity index (χ4n) is 0.907. The Bertz CT molecular complexity index is 397. The zero-order valence-corrected chi connectivity index (χ0v) is 10.4. The largest absolute Gasteiger partial charge is 0.224 e. The molecule has 0 bridgehead atoms. The summed E-state index contributed by atoms with van der Waals surface area (Å²) in [6.45, 7) is 5.77. The van der Waals surface area contributed by atoms with Gasteiger partial charge in [-0.25, -0.2) is 8.42 Å². The summed E-state index contributed by atoms with van der Waals surface area (Å²) in [5.41, 5.74) is 0.777. The molecule has 0 saturated carbocycles. The number of halogens is 1. The maximum absolute atomic E-state index is 11.1. The molecule has 0 radical (unpaired) electrons. The number of hydrogen-bond donors (Lipinski definition) is 0. The van der Waals surface area contributed by atoms with E-state index in [4.69, 9.17) is 11.6 Å². The van der Waals surface area contributed by atoms with Crippen LogP contribution in [-0.2, 0) is 9.84 Å². The van der Waals surface area contributed by atoms with Crippen LogP contribution in [0.1, 0.15) is 19.4 Å². The standard InChI is InChI=1S/C8H9ClO2S.C2H6/c1-6-4-3-5-7(8(6)9)12(2,10)11;1-2/h3-5H,1-2H3;1-2H3. The summed E-state index contributed by atoms with van der Waals surface area (Å²) >= 11 is 5.80. The van der Waals surface area contributed by atoms with E-state index < -0.39 is 9.84 Å². The van der Waals surface area contributed by atoms with Gasteiger partial charge in [0, 0.05) is 6.26 Å². The van der Waals surface area contributed by atoms with E-state index in [9.17, 15) is 8.42 Å². The lowest BCUT2D eigenvalue weighted by molar-refractivity contribution is 0.602. The van der Waals surface area contributed by atoms with Gasteiger partial charge in [0.15, 0.2) is 9.84 Å². The van der Waals surface area contributed by atoms with Crippen molar-refractivity contribution < 1.29 is 8.42 Å². The lowest BCUT2D eigenvalue weighted by Gasteiger charge is -2.03. The molecule has 0 spiro atoms. The summed E-state index contributed by atoms with van der Waals surface area (Å²) < 4.78 is 22.2. The van der Waals surface area contributed by atoms with Gasteiger partial charge in [-0.2, -0.15) is 0 Å². The topological polar surface area (TPSA) is 34.1 Å². The van der Waals surface area contributed by atoms with Gasteiger partial charge in [-0.05, 0) is 18.6 Å². The van der Waals surface area contributed by atoms with E-state index in [0.29, 0.717) is 5.02 Å². The molecule has 80 valence electrons. The predicted octanol–water partition coefficient (Wildman–Crippen LogP) is 3.08. The molecule has 0 N–H and O–H groups in total. The van der Waals surface area contributed by atoms with Crippen molar-refractivity contribution >= 4 is 21.4 Å². The first-order valence-corrected chi connectivity index (χ1v) is 6.65. The Balaban J connectivity index is 0.000000791. The molecule has 1 rings (SSSR count). The van der Waals surface area contributed by atoms with Gasteiger partial charge in [0.05, 0.1) is 9.92 Å². The van der Waals surface area contributed by atoms with Gasteiger partial charge >= 0.3 is 0 Å². The zero-order chi connectivity index (χ0) is 11.4. The summed E-state index contributed by atoms with van der Waals surface area (Å²) in [7, 11) is -3.19. The first-order valence-electron chi connectivity index (χ1n) is 4.38. The molecule has 0 atom stereocenters. The third kappa shape index (κ3) is 3.31. The number of sulfone groups is 1. The molecule has 1 aromatic rings. The average Bonchev–Trinajstić information content (AvgIpc) is 2.11. The molecule has 0 aliphatic heterocycles. The van der Waals surface area contributed by atoms with E-state index in [1.165, 1.54) is 6.07 Å². The maximum atomic E-state index is 11.1. The molecule has 4 heteroatoms. The maximum Gasteiger partial charge on any atom is 0.177 e. The first-order chi connectivity index (χ1) is 6.43. The monoisotopic (exact) mass is 234 g/mol. The van der Waals surface area contributed by atoms with Gasteiger partial charge in [0.1, 0.15) is 0 Å². The van der Waals surface area contributed by atoms with Crippen molar-refractivity contribution in [3.63, 3.8) is 0 Å². The fourth-order valence-corrected chi connectivity index (χ4v) is 2.27. The minimum Gasteiger partial charge on any atom is -0.224 e. The van der Waals surface area contributed by atoms with Crippen molar-refractivity contribution in [1.82, 2.24) is 0 Å². The van der Waals surface area contributed by atoms with Crippen molar-refractivity contribution in [2.75, 3.05) is 6.26 Å². The second-order valence-corrected chi connectivity index (χ2v) is 5.02. The first kappa shape index (κ1) is 13.5. The van der Waals surface area contributed by atoms with Crippen LogP contribution < -0.4 is 0 Å². The lowest BCUT2D eigenvalue weighted by atomic mass is 10.2. The molecule has 0 saturated heterocycles. The lowest BCUT2D eigenvalue weighted by Crippen LogP contribution is -1.98. The fraction of sp³-hybridized carbons (Fsp3) is 0.400. The van der Waals surface area contributed by atoms with Gasteiger partial charge in [-0.3, -0.25) is 0 Å². The average molecular weight is 235 g/mol. The van der Waals surface area contributed by atoms with Crippen LogP contribution in [0.15, 0.2) is 23.1 Å². The molecule has 0 unspecified atom stereocenters. The van der Waals surface area contributed by atoms with Crippen LogP contribution in [0.5, 0.6) is 0 Å². The summed E-state index contributed by atoms with van der Waals surface area (Å²) in [5.74, 6) is 0. The third-order valence-electron chi connectivity index (χ3n) is 1.56. The van der Waals surface area contributed by atoms with Crippen molar-refractivity contribution in [2.45, 2.75) is 25.7 Å². The smallest absolute Gasteiger partial charge is 0.177 e. The summed E-state index contributed by atoms with van der Waals surface area (Å²) in [4.78, 5) is 0.198. The second-order valence-electron chi connectivity index (χ2n) is 2.66. The Morgan fingerprint density at radius 1 is 1.21 bits per heavy atom. The normalized spacial score (nSPS) is 10.4. The molecule has 2 nitrogen and oxygen atoms in total. The van der Waals surface area contributed by atoms with Crippen molar-refractivity contribution in [3.8, 4) is 0 Å². The van der Waals surface area contributed by atoms with Crippen LogP contribution in [0, 0.1) is 6.92 Å². The van der Waals surface area contributed by atoms with Crippen LogP contribution in [0.4, 0.5) is 0 Å². The van der Waals surface area contributed by atoms with E-state index in [-0.39, 0.29) is 4.90 Å². The third-order valence-corrected chi connectivity index (χ3v) is 3.31. The summed E-state index contributed by atoms with van der Waals surface area (Å²) in [6, 6.07) is 4.96. The van der Waals surface area contributed by atoms with E-state index in [1.807, 2.05) is 13.8 Å². The highest BCUT2D eigenvalue weighted by atomic mass is 35.5.